The summed E-state index contributed by atoms with van der Waals surface area (Å²) in [4.78, 5) is 13.9. The molecule has 0 unspecified atom stereocenters. The van der Waals surface area contributed by atoms with Crippen LogP contribution in [0.25, 0.3) is 22.3 Å². The Morgan fingerprint density at radius 2 is 1.53 bits per heavy atom. The van der Waals surface area contributed by atoms with Crippen molar-refractivity contribution in [2.45, 2.75) is 0 Å². The van der Waals surface area contributed by atoms with Gasteiger partial charge in [0, 0.05) is 11.6 Å². The molecular weight excluding hydrogens is 450 g/mol. The molecule has 0 aliphatic heterocycles. The molecule has 0 aliphatic carbocycles. The van der Waals surface area contributed by atoms with Gasteiger partial charge in [0.15, 0.2) is 0 Å². The van der Waals surface area contributed by atoms with E-state index in [4.69, 9.17) is 16.0 Å². The molecule has 0 aliphatic rings. The molecule has 0 spiro atoms. The second kappa shape index (κ2) is 9.65. The second-order valence-electron chi connectivity index (χ2n) is 6.43. The molecule has 0 atom stereocenters. The summed E-state index contributed by atoms with van der Waals surface area (Å²) in [5.74, 6) is 0.695. The van der Waals surface area contributed by atoms with Gasteiger partial charge in [0.1, 0.15) is 16.4 Å². The molecule has 4 aromatic rings. The van der Waals surface area contributed by atoms with Crippen molar-refractivity contribution in [1.29, 1.82) is 0 Å². The van der Waals surface area contributed by atoms with E-state index in [0.29, 0.717) is 17.0 Å². The zero-order valence-corrected chi connectivity index (χ0v) is 16.9. The average molecular weight is 465 g/mol. The van der Waals surface area contributed by atoms with Gasteiger partial charge in [-0.05, 0) is 18.2 Å². The molecule has 0 saturated carbocycles. The van der Waals surface area contributed by atoms with E-state index in [1.165, 1.54) is 12.1 Å². The smallest absolute Gasteiger partial charge is 0.456 e. The first-order chi connectivity index (χ1) is 15.1. The minimum Gasteiger partial charge on any atom is -0.456 e. The number of hydrogen-bond donors (Lipinski definition) is 1. The third-order valence-corrected chi connectivity index (χ3v) is 4.47. The molecule has 1 heterocycles. The van der Waals surface area contributed by atoms with Gasteiger partial charge < -0.3 is 21.7 Å². The van der Waals surface area contributed by atoms with Gasteiger partial charge in [-0.2, -0.15) is 0 Å². The van der Waals surface area contributed by atoms with Gasteiger partial charge in [0.2, 0.25) is 11.0 Å². The van der Waals surface area contributed by atoms with Crippen molar-refractivity contribution in [1.82, 2.24) is 0 Å². The minimum atomic E-state index is -6.00. The van der Waals surface area contributed by atoms with Crippen LogP contribution in [-0.4, -0.2) is 12.2 Å². The molecule has 0 fully saturated rings. The Balaban J connectivity index is 0.000000523. The molecule has 0 amide bonds. The van der Waals surface area contributed by atoms with E-state index in [2.05, 4.69) is 4.99 Å². The van der Waals surface area contributed by atoms with Gasteiger partial charge in [-0.3, -0.25) is 10.1 Å². The number of rotatable bonds is 3. The maximum absolute atomic E-state index is 11.2. The Kier molecular flexibility index (Phi) is 6.94. The fraction of sp³-hybridized carbons (Fsp3) is 0. The van der Waals surface area contributed by atoms with E-state index < -0.39 is 12.2 Å². The molecule has 1 aromatic heterocycles. The molecule has 5 nitrogen and oxygen atoms in total. The van der Waals surface area contributed by atoms with Gasteiger partial charge in [-0.25, -0.2) is 4.99 Å². The lowest BCUT2D eigenvalue weighted by atomic mass is 10.1. The standard InChI is InChI=1S/C21H13ClN2O3.BF4/c22-17-11-10-15(12-19(17)24(25)26)23-18-13-21(14-6-2-1-3-7-14)27-20-9-5-4-8-16(18)20;2-1(3,4)5/h1-13H;/q;-1/p+1. The summed E-state index contributed by atoms with van der Waals surface area (Å²) >= 11 is 5.91. The molecular formula is C21H14BClF4N2O3. The van der Waals surface area contributed by atoms with Crippen LogP contribution in [0.1, 0.15) is 0 Å². The van der Waals surface area contributed by atoms with Crippen LogP contribution in [0, 0.1) is 10.1 Å². The highest BCUT2D eigenvalue weighted by atomic mass is 35.5. The third kappa shape index (κ3) is 6.18. The van der Waals surface area contributed by atoms with Crippen LogP contribution in [0.15, 0.2) is 83.3 Å². The van der Waals surface area contributed by atoms with Crippen LogP contribution < -0.4 is 10.3 Å². The van der Waals surface area contributed by atoms with Crippen LogP contribution >= 0.6 is 11.6 Å². The van der Waals surface area contributed by atoms with Crippen molar-refractivity contribution >= 4 is 41.2 Å². The number of nitro benzene ring substituents is 1. The quantitative estimate of drug-likeness (QED) is 0.194. The lowest BCUT2D eigenvalue weighted by Crippen LogP contribution is -2.70. The van der Waals surface area contributed by atoms with Crippen LogP contribution in [-0.2, 0) is 0 Å². The number of benzene rings is 3. The second-order valence-corrected chi connectivity index (χ2v) is 6.84. The van der Waals surface area contributed by atoms with Crippen molar-refractivity contribution in [2.75, 3.05) is 0 Å². The molecule has 164 valence electrons. The first kappa shape index (κ1) is 23.0. The highest BCUT2D eigenvalue weighted by molar-refractivity contribution is 6.50. The van der Waals surface area contributed by atoms with E-state index in [-0.39, 0.29) is 10.7 Å². The van der Waals surface area contributed by atoms with Crippen molar-refractivity contribution in [3.8, 4) is 11.3 Å². The summed E-state index contributed by atoms with van der Waals surface area (Å²) < 4.78 is 45.0. The van der Waals surface area contributed by atoms with Crippen molar-refractivity contribution in [3.05, 3.63) is 99.4 Å². The molecule has 0 radical (unpaired) electrons. The van der Waals surface area contributed by atoms with Gasteiger partial charge in [-0.1, -0.05) is 54.1 Å². The Labute approximate surface area is 183 Å². The summed E-state index contributed by atoms with van der Waals surface area (Å²) in [7, 11) is -6.00. The molecule has 4 rings (SSSR count). The lowest BCUT2D eigenvalue weighted by molar-refractivity contribution is -0.405. The topological polar surface area (TPSA) is 70.2 Å². The van der Waals surface area contributed by atoms with Gasteiger partial charge in [-0.15, -0.1) is 0 Å². The van der Waals surface area contributed by atoms with Crippen molar-refractivity contribution in [2.24, 2.45) is 0 Å². The number of para-hydroxylation sites is 1. The third-order valence-electron chi connectivity index (χ3n) is 4.15. The van der Waals surface area contributed by atoms with Crippen molar-refractivity contribution in [3.63, 3.8) is 0 Å². The summed E-state index contributed by atoms with van der Waals surface area (Å²) in [6.07, 6.45) is 0. The number of halogens is 5. The minimum absolute atomic E-state index is 0.100. The Morgan fingerprint density at radius 3 is 2.19 bits per heavy atom. The van der Waals surface area contributed by atoms with Gasteiger partial charge in [0.25, 0.3) is 5.69 Å². The van der Waals surface area contributed by atoms with Crippen LogP contribution in [0.4, 0.5) is 28.6 Å². The van der Waals surface area contributed by atoms with Crippen LogP contribution in [0.2, 0.25) is 5.02 Å². The number of nitrogens with one attached hydrogen (secondary N) is 1. The zero-order chi connectivity index (χ0) is 23.3. The largest absolute Gasteiger partial charge is 0.673 e. The maximum Gasteiger partial charge on any atom is 0.673 e. The monoisotopic (exact) mass is 464 g/mol. The first-order valence-corrected chi connectivity index (χ1v) is 9.49. The SMILES string of the molecule is F[B-](F)(F)F.O=[N+]([O-])c1cc([NH+]=c2cc(-c3ccccc3)oc3ccccc23)ccc1Cl. The van der Waals surface area contributed by atoms with E-state index in [1.54, 1.807) is 6.07 Å². The number of nitro groups is 1. The summed E-state index contributed by atoms with van der Waals surface area (Å²) in [6, 6.07) is 23.9. The maximum atomic E-state index is 11.2. The first-order valence-electron chi connectivity index (χ1n) is 9.11. The fourth-order valence-electron chi connectivity index (χ4n) is 2.87. The van der Waals surface area contributed by atoms with E-state index in [0.717, 1.165) is 16.3 Å². The molecule has 0 bridgehead atoms. The van der Waals surface area contributed by atoms with Gasteiger partial charge in [0.05, 0.1) is 22.4 Å². The highest BCUT2D eigenvalue weighted by Gasteiger charge is 2.20. The zero-order valence-electron chi connectivity index (χ0n) is 16.1. The Morgan fingerprint density at radius 1 is 0.906 bits per heavy atom. The normalized spacial score (nSPS) is 11.7. The van der Waals surface area contributed by atoms with E-state index in [1.807, 2.05) is 60.7 Å². The Hall–Kier alpha value is -3.66. The fourth-order valence-corrected chi connectivity index (χ4v) is 3.06. The average Bonchev–Trinajstić information content (AvgIpc) is 2.74. The lowest BCUT2D eigenvalue weighted by Gasteiger charge is -2.02. The van der Waals surface area contributed by atoms with Crippen LogP contribution in [0.3, 0.4) is 0 Å². The molecule has 3 aromatic carbocycles. The molecule has 0 saturated heterocycles. The molecule has 1 N–H and O–H groups in total. The van der Waals surface area contributed by atoms with Crippen molar-refractivity contribution < 1.29 is 31.6 Å². The van der Waals surface area contributed by atoms with Crippen LogP contribution in [0.5, 0.6) is 0 Å². The number of hydrogen-bond acceptors (Lipinski definition) is 3. The number of fused-ring (bicyclic) bond motifs is 1. The van der Waals surface area contributed by atoms with E-state index >= 15 is 0 Å². The summed E-state index contributed by atoms with van der Waals surface area (Å²) in [5.41, 5.74) is 2.08. The predicted molar refractivity (Wildman–Crippen MR) is 114 cm³/mol. The number of nitrogens with zero attached hydrogens (tertiary/aromatic N) is 1. The van der Waals surface area contributed by atoms with E-state index in [9.17, 15) is 27.4 Å². The summed E-state index contributed by atoms with van der Waals surface area (Å²) in [6.45, 7) is 0. The summed E-state index contributed by atoms with van der Waals surface area (Å²) in [5, 5.41) is 12.9. The predicted octanol–water partition coefficient (Wildman–Crippen LogP) is 5.27. The molecule has 11 heteroatoms. The Bertz CT molecular complexity index is 1320. The highest BCUT2D eigenvalue weighted by Crippen LogP contribution is 2.25. The van der Waals surface area contributed by atoms with Gasteiger partial charge >= 0.3 is 7.25 Å². The molecule has 32 heavy (non-hydrogen) atoms.